The second-order valence-electron chi connectivity index (χ2n) is 1.64. The number of amides is 1. The van der Waals surface area contributed by atoms with Gasteiger partial charge >= 0.3 is 29.6 Å². The standard InChI is InChI=1S/C3H8NO3P.Na/c1-8(6,7)2-3(4)5;/h2H2,1H3,(H2,4,5)(H,6,7);/q;+1/p-1. The summed E-state index contributed by atoms with van der Waals surface area (Å²) in [5.41, 5.74) is 4.57. The van der Waals surface area contributed by atoms with Crippen LogP contribution in [0.15, 0.2) is 0 Å². The molecule has 1 atom stereocenters. The average molecular weight is 159 g/mol. The van der Waals surface area contributed by atoms with E-state index >= 15 is 0 Å². The maximum absolute atomic E-state index is 10.2. The van der Waals surface area contributed by atoms with Gasteiger partial charge in [0.05, 0.1) is 6.16 Å². The van der Waals surface area contributed by atoms with Crippen molar-refractivity contribution in [2.45, 2.75) is 0 Å². The molecule has 0 aliphatic carbocycles. The van der Waals surface area contributed by atoms with E-state index < -0.39 is 19.4 Å². The van der Waals surface area contributed by atoms with E-state index in [9.17, 15) is 14.3 Å². The minimum atomic E-state index is -3.45. The topological polar surface area (TPSA) is 83.2 Å². The van der Waals surface area contributed by atoms with Crippen LogP contribution in [0.2, 0.25) is 0 Å². The number of rotatable bonds is 2. The molecule has 1 amide bonds. The third-order valence-electron chi connectivity index (χ3n) is 0.443. The van der Waals surface area contributed by atoms with Crippen molar-refractivity contribution < 1.29 is 43.8 Å². The number of primary amides is 1. The molecular weight excluding hydrogens is 152 g/mol. The maximum Gasteiger partial charge on any atom is 1.00 e. The van der Waals surface area contributed by atoms with E-state index in [0.29, 0.717) is 0 Å². The number of hydrogen-bond acceptors (Lipinski definition) is 3. The fourth-order valence-corrected chi connectivity index (χ4v) is 0.849. The first-order chi connectivity index (χ1) is 3.42. The molecule has 0 aromatic carbocycles. The van der Waals surface area contributed by atoms with Crippen LogP contribution in [0.25, 0.3) is 0 Å². The monoisotopic (exact) mass is 159 g/mol. The number of carbonyl (C=O) groups is 1. The molecule has 2 N–H and O–H groups in total. The number of carbonyl (C=O) groups excluding carboxylic acids is 1. The molecule has 0 rings (SSSR count). The van der Waals surface area contributed by atoms with Gasteiger partial charge in [0, 0.05) is 7.37 Å². The summed E-state index contributed by atoms with van der Waals surface area (Å²) in [5.74, 6) is -0.800. The Bertz CT molecular complexity index is 142. The van der Waals surface area contributed by atoms with Crippen molar-refractivity contribution in [2.24, 2.45) is 5.73 Å². The zero-order valence-electron chi connectivity index (χ0n) is 5.46. The van der Waals surface area contributed by atoms with Gasteiger partial charge in [-0.15, -0.1) is 0 Å². The molecule has 0 saturated carbocycles. The van der Waals surface area contributed by atoms with Crippen LogP contribution in [0.3, 0.4) is 0 Å². The van der Waals surface area contributed by atoms with Crippen LogP contribution < -0.4 is 40.2 Å². The van der Waals surface area contributed by atoms with E-state index in [-0.39, 0.29) is 29.6 Å². The van der Waals surface area contributed by atoms with Crippen molar-refractivity contribution in [3.05, 3.63) is 0 Å². The number of nitrogens with two attached hydrogens (primary N) is 1. The van der Waals surface area contributed by atoms with Crippen LogP contribution in [0, 0.1) is 0 Å². The van der Waals surface area contributed by atoms with Gasteiger partial charge in [-0.2, -0.15) is 0 Å². The Morgan fingerprint density at radius 3 is 2.11 bits per heavy atom. The van der Waals surface area contributed by atoms with Crippen molar-refractivity contribution in [1.82, 2.24) is 0 Å². The summed E-state index contributed by atoms with van der Waals surface area (Å²) in [6, 6.07) is 0. The molecule has 0 radical (unpaired) electrons. The number of hydrogen-bond donors (Lipinski definition) is 1. The molecule has 1 unspecified atom stereocenters. The largest absolute Gasteiger partial charge is 1.00 e. The molecule has 0 aromatic heterocycles. The molecule has 48 valence electrons. The molecule has 0 aliphatic heterocycles. The van der Waals surface area contributed by atoms with Gasteiger partial charge in [0.2, 0.25) is 5.91 Å². The Kier molecular flexibility index (Phi) is 6.13. The first-order valence-electron chi connectivity index (χ1n) is 1.97. The van der Waals surface area contributed by atoms with E-state index in [2.05, 4.69) is 5.73 Å². The summed E-state index contributed by atoms with van der Waals surface area (Å²) < 4.78 is 10.2. The van der Waals surface area contributed by atoms with E-state index in [0.717, 1.165) is 6.66 Å². The summed E-state index contributed by atoms with van der Waals surface area (Å²) >= 11 is 0. The first kappa shape index (κ1) is 12.3. The minimum Gasteiger partial charge on any atom is -0.799 e. The van der Waals surface area contributed by atoms with Gasteiger partial charge in [-0.3, -0.25) is 4.79 Å². The molecule has 0 heterocycles. The quantitative estimate of drug-likeness (QED) is 0.327. The zero-order valence-corrected chi connectivity index (χ0v) is 8.35. The molecule has 9 heavy (non-hydrogen) atoms. The summed E-state index contributed by atoms with van der Waals surface area (Å²) in [7, 11) is -3.45. The van der Waals surface area contributed by atoms with Gasteiger partial charge in [0.25, 0.3) is 0 Å². The first-order valence-corrected chi connectivity index (χ1v) is 4.23. The molecule has 0 spiro atoms. The van der Waals surface area contributed by atoms with Crippen LogP contribution in [0.1, 0.15) is 0 Å². The van der Waals surface area contributed by atoms with Crippen molar-refractivity contribution in [3.63, 3.8) is 0 Å². The third-order valence-corrected chi connectivity index (χ3v) is 1.33. The van der Waals surface area contributed by atoms with Crippen LogP contribution in [0.5, 0.6) is 0 Å². The molecule has 0 bridgehead atoms. The molecule has 4 nitrogen and oxygen atoms in total. The van der Waals surface area contributed by atoms with Gasteiger partial charge in [0.15, 0.2) is 0 Å². The third kappa shape index (κ3) is 12.0. The van der Waals surface area contributed by atoms with Crippen molar-refractivity contribution in [1.29, 1.82) is 0 Å². The van der Waals surface area contributed by atoms with Crippen molar-refractivity contribution in [2.75, 3.05) is 12.8 Å². The second-order valence-corrected chi connectivity index (χ2v) is 3.98. The van der Waals surface area contributed by atoms with E-state index in [1.807, 2.05) is 0 Å². The Morgan fingerprint density at radius 2 is 2.11 bits per heavy atom. The van der Waals surface area contributed by atoms with Crippen LogP contribution in [-0.2, 0) is 9.36 Å². The second kappa shape index (κ2) is 4.47. The molecule has 0 saturated heterocycles. The van der Waals surface area contributed by atoms with Crippen LogP contribution >= 0.6 is 7.37 Å². The Balaban J connectivity index is 0. The Hall–Kier alpha value is 0.660. The van der Waals surface area contributed by atoms with Crippen LogP contribution in [0.4, 0.5) is 0 Å². The van der Waals surface area contributed by atoms with Gasteiger partial charge in [-0.25, -0.2) is 0 Å². The van der Waals surface area contributed by atoms with E-state index in [4.69, 9.17) is 0 Å². The molecule has 0 aromatic rings. The van der Waals surface area contributed by atoms with Gasteiger partial charge < -0.3 is 15.2 Å². The SMILES string of the molecule is CP(=O)([O-])CC(N)=O.[Na+]. The Labute approximate surface area is 75.6 Å². The van der Waals surface area contributed by atoms with Crippen LogP contribution in [-0.4, -0.2) is 18.7 Å². The summed E-state index contributed by atoms with van der Waals surface area (Å²) in [6.07, 6.45) is -0.535. The summed E-state index contributed by atoms with van der Waals surface area (Å²) in [4.78, 5) is 20.0. The van der Waals surface area contributed by atoms with Crippen molar-refractivity contribution in [3.8, 4) is 0 Å². The smallest absolute Gasteiger partial charge is 0.799 e. The fraction of sp³-hybridized carbons (Fsp3) is 0.667. The van der Waals surface area contributed by atoms with Gasteiger partial charge in [0.1, 0.15) is 0 Å². The minimum absolute atomic E-state index is 0. The molecule has 6 heteroatoms. The fourth-order valence-electron chi connectivity index (χ4n) is 0.283. The molecular formula is C3H7NNaO3P. The van der Waals surface area contributed by atoms with E-state index in [1.165, 1.54) is 0 Å². The Morgan fingerprint density at radius 1 is 1.78 bits per heavy atom. The average Bonchev–Trinajstić information content (AvgIpc) is 1.21. The molecule has 0 aliphatic rings. The zero-order chi connectivity index (χ0) is 6.78. The normalized spacial score (nSPS) is 15.3. The molecule has 0 fully saturated rings. The predicted octanol–water partition coefficient (Wildman–Crippen LogP) is -4.26. The van der Waals surface area contributed by atoms with Gasteiger partial charge in [-0.1, -0.05) is 0 Å². The van der Waals surface area contributed by atoms with Crippen molar-refractivity contribution >= 4 is 13.3 Å². The van der Waals surface area contributed by atoms with E-state index in [1.54, 1.807) is 0 Å². The summed E-state index contributed by atoms with van der Waals surface area (Å²) in [6.45, 7) is 0.984. The maximum atomic E-state index is 10.2. The summed E-state index contributed by atoms with van der Waals surface area (Å²) in [5, 5.41) is 0. The van der Waals surface area contributed by atoms with Gasteiger partial charge in [-0.05, 0) is 6.66 Å². The predicted molar refractivity (Wildman–Crippen MR) is 27.6 cm³/mol.